The highest BCUT2D eigenvalue weighted by Gasteiger charge is 1.98. The van der Waals surface area contributed by atoms with Crippen molar-refractivity contribution in [3.63, 3.8) is 0 Å². The van der Waals surface area contributed by atoms with Gasteiger partial charge >= 0.3 is 6.03 Å². The molecule has 0 unspecified atom stereocenters. The second-order valence-corrected chi connectivity index (χ2v) is 2.14. The maximum absolute atomic E-state index is 10.6. The number of nitrogens with one attached hydrogen (secondary N) is 1. The zero-order valence-corrected chi connectivity index (χ0v) is 6.09. The molecule has 0 rings (SSSR count). The summed E-state index contributed by atoms with van der Waals surface area (Å²) in [6.45, 7) is 3.64. The molecule has 0 aliphatic heterocycles. The predicted molar refractivity (Wildman–Crippen MR) is 39.5 cm³/mol. The number of nitrogens with two attached hydrogens (primary N) is 2. The number of nitrogens with zero attached hydrogens (tertiary/aromatic N) is 1. The first-order valence-electron chi connectivity index (χ1n) is 2.92. The molecule has 0 aromatic heterocycles. The third-order valence-corrected chi connectivity index (χ3v) is 0.643. The largest absolute Gasteiger partial charge is 0.370 e. The average molecular weight is 144 g/mol. The number of hydrogen-bond acceptors (Lipinski definition) is 1. The Labute approximate surface area is 59.5 Å². The summed E-state index contributed by atoms with van der Waals surface area (Å²) >= 11 is 0. The molecule has 0 aromatic rings. The van der Waals surface area contributed by atoms with Crippen LogP contribution in [0.2, 0.25) is 0 Å². The molecule has 0 heterocycles. The van der Waals surface area contributed by atoms with E-state index in [4.69, 9.17) is 11.5 Å². The van der Waals surface area contributed by atoms with E-state index >= 15 is 0 Å². The summed E-state index contributed by atoms with van der Waals surface area (Å²) in [6, 6.07) is -0.453. The fourth-order valence-electron chi connectivity index (χ4n) is 0.396. The van der Waals surface area contributed by atoms with Gasteiger partial charge in [0.05, 0.1) is 0 Å². The molecular formula is C5H12N4O. The molecule has 5 nitrogen and oxygen atoms in total. The van der Waals surface area contributed by atoms with E-state index in [0.29, 0.717) is 0 Å². The van der Waals surface area contributed by atoms with E-state index in [1.807, 2.05) is 13.8 Å². The number of rotatable bonds is 1. The van der Waals surface area contributed by atoms with Gasteiger partial charge in [0.2, 0.25) is 0 Å². The number of urea groups is 1. The van der Waals surface area contributed by atoms with Gasteiger partial charge in [0.1, 0.15) is 0 Å². The van der Waals surface area contributed by atoms with E-state index in [0.717, 1.165) is 0 Å². The second-order valence-electron chi connectivity index (χ2n) is 2.14. The van der Waals surface area contributed by atoms with Crippen molar-refractivity contribution < 1.29 is 4.79 Å². The summed E-state index contributed by atoms with van der Waals surface area (Å²) in [7, 11) is 0. The van der Waals surface area contributed by atoms with Crippen molar-refractivity contribution in [2.24, 2.45) is 16.5 Å². The van der Waals surface area contributed by atoms with Crippen LogP contribution in [0.25, 0.3) is 0 Å². The van der Waals surface area contributed by atoms with E-state index < -0.39 is 6.03 Å². The molecule has 0 aliphatic rings. The fraction of sp³-hybridized carbons (Fsp3) is 0.600. The smallest absolute Gasteiger partial charge is 0.344 e. The van der Waals surface area contributed by atoms with Gasteiger partial charge in [-0.05, 0) is 13.8 Å². The first-order chi connectivity index (χ1) is 4.52. The highest BCUT2D eigenvalue weighted by atomic mass is 16.2. The lowest BCUT2D eigenvalue weighted by Crippen LogP contribution is -2.32. The van der Waals surface area contributed by atoms with Crippen LogP contribution in [0.5, 0.6) is 0 Å². The van der Waals surface area contributed by atoms with Crippen LogP contribution in [0.15, 0.2) is 4.99 Å². The molecule has 58 valence electrons. The molecular weight excluding hydrogens is 132 g/mol. The van der Waals surface area contributed by atoms with Crippen LogP contribution < -0.4 is 16.8 Å². The van der Waals surface area contributed by atoms with Crippen LogP contribution in [0, 0.1) is 0 Å². The Morgan fingerprint density at radius 1 is 1.50 bits per heavy atom. The molecule has 0 radical (unpaired) electrons. The molecule has 5 N–H and O–H groups in total. The van der Waals surface area contributed by atoms with Crippen LogP contribution in [0.3, 0.4) is 0 Å². The Kier molecular flexibility index (Phi) is 3.24. The molecule has 2 amide bonds. The van der Waals surface area contributed by atoms with Gasteiger partial charge in [-0.1, -0.05) is 0 Å². The zero-order chi connectivity index (χ0) is 8.15. The third kappa shape index (κ3) is 4.89. The van der Waals surface area contributed by atoms with Gasteiger partial charge in [0, 0.05) is 6.04 Å². The molecule has 0 saturated heterocycles. The van der Waals surface area contributed by atoms with Crippen LogP contribution in [-0.4, -0.2) is 18.0 Å². The number of amides is 2. The maximum Gasteiger partial charge on any atom is 0.344 e. The number of aliphatic imine (C=N–C) groups is 1. The molecule has 0 atom stereocenters. The molecule has 0 aliphatic carbocycles. The molecule has 0 aromatic carbocycles. The Hall–Kier alpha value is -1.26. The molecule has 0 spiro atoms. The van der Waals surface area contributed by atoms with E-state index in [1.165, 1.54) is 0 Å². The summed E-state index contributed by atoms with van der Waals surface area (Å²) < 4.78 is 0. The number of carbonyl (C=O) groups is 1. The van der Waals surface area contributed by atoms with Crippen molar-refractivity contribution in [3.05, 3.63) is 0 Å². The van der Waals surface area contributed by atoms with Gasteiger partial charge in [-0.3, -0.25) is 0 Å². The van der Waals surface area contributed by atoms with Crippen LogP contribution >= 0.6 is 0 Å². The van der Waals surface area contributed by atoms with E-state index in [1.54, 1.807) is 0 Å². The first kappa shape index (κ1) is 8.74. The van der Waals surface area contributed by atoms with Crippen molar-refractivity contribution in [2.45, 2.75) is 19.9 Å². The number of carbonyl (C=O) groups excluding carboxylic acids is 1. The van der Waals surface area contributed by atoms with Gasteiger partial charge in [-0.15, -0.1) is 0 Å². The van der Waals surface area contributed by atoms with Crippen molar-refractivity contribution in [3.8, 4) is 0 Å². The van der Waals surface area contributed by atoms with E-state index in [9.17, 15) is 4.79 Å². The molecule has 10 heavy (non-hydrogen) atoms. The van der Waals surface area contributed by atoms with Gasteiger partial charge in [0.15, 0.2) is 5.96 Å². The van der Waals surface area contributed by atoms with Crippen molar-refractivity contribution in [2.75, 3.05) is 0 Å². The molecule has 0 fully saturated rings. The minimum atomic E-state index is -0.505. The minimum Gasteiger partial charge on any atom is -0.370 e. The van der Waals surface area contributed by atoms with Gasteiger partial charge in [0.25, 0.3) is 0 Å². The molecule has 5 heteroatoms. The lowest BCUT2D eigenvalue weighted by atomic mass is 10.4. The highest BCUT2D eigenvalue weighted by molar-refractivity contribution is 5.90. The predicted octanol–water partition coefficient (Wildman–Crippen LogP) is -0.622. The van der Waals surface area contributed by atoms with Crippen molar-refractivity contribution in [1.82, 2.24) is 5.32 Å². The first-order valence-corrected chi connectivity index (χ1v) is 2.92. The quantitative estimate of drug-likeness (QED) is 0.338. The minimum absolute atomic E-state index is 0.0515. The summed E-state index contributed by atoms with van der Waals surface area (Å²) in [6.07, 6.45) is 0. The van der Waals surface area contributed by atoms with Gasteiger partial charge < -0.3 is 16.8 Å². The molecule has 0 saturated carbocycles. The third-order valence-electron chi connectivity index (χ3n) is 0.643. The number of hydrogen-bond donors (Lipinski definition) is 3. The SMILES string of the molecule is CC(C)NC(=O)N=C(N)N. The summed E-state index contributed by atoms with van der Waals surface area (Å²) in [5, 5.41) is 2.49. The lowest BCUT2D eigenvalue weighted by molar-refractivity contribution is 0.247. The van der Waals surface area contributed by atoms with E-state index in [2.05, 4.69) is 10.3 Å². The summed E-state index contributed by atoms with van der Waals surface area (Å²) in [5.74, 6) is -0.224. The fourth-order valence-corrected chi connectivity index (χ4v) is 0.396. The monoisotopic (exact) mass is 144 g/mol. The topological polar surface area (TPSA) is 93.5 Å². The second kappa shape index (κ2) is 3.71. The van der Waals surface area contributed by atoms with Crippen molar-refractivity contribution in [1.29, 1.82) is 0 Å². The normalized spacial score (nSPS) is 9.10. The Morgan fingerprint density at radius 3 is 2.30 bits per heavy atom. The Bertz CT molecular complexity index is 148. The van der Waals surface area contributed by atoms with Crippen LogP contribution in [0.4, 0.5) is 4.79 Å². The van der Waals surface area contributed by atoms with Gasteiger partial charge in [-0.2, -0.15) is 4.99 Å². The van der Waals surface area contributed by atoms with E-state index in [-0.39, 0.29) is 12.0 Å². The van der Waals surface area contributed by atoms with Crippen LogP contribution in [-0.2, 0) is 0 Å². The standard InChI is InChI=1S/C5H12N4O/c1-3(2)8-5(10)9-4(6)7/h3H,1-2H3,(H5,6,7,8,9,10). The summed E-state index contributed by atoms with van der Waals surface area (Å²) in [4.78, 5) is 13.8. The maximum atomic E-state index is 10.6. The number of guanidine groups is 1. The Balaban J connectivity index is 3.76. The van der Waals surface area contributed by atoms with Gasteiger partial charge in [-0.25, -0.2) is 4.79 Å². The molecule has 0 bridgehead atoms. The Morgan fingerprint density at radius 2 is 2.00 bits per heavy atom. The van der Waals surface area contributed by atoms with Crippen molar-refractivity contribution >= 4 is 12.0 Å². The lowest BCUT2D eigenvalue weighted by Gasteiger charge is -2.03. The average Bonchev–Trinajstić information content (AvgIpc) is 1.58. The highest BCUT2D eigenvalue weighted by Crippen LogP contribution is 1.78. The van der Waals surface area contributed by atoms with Crippen LogP contribution in [0.1, 0.15) is 13.8 Å². The zero-order valence-electron chi connectivity index (χ0n) is 6.09. The summed E-state index contributed by atoms with van der Waals surface area (Å²) in [5.41, 5.74) is 9.87.